The summed E-state index contributed by atoms with van der Waals surface area (Å²) in [5, 5.41) is 2.65. The minimum Gasteiger partial charge on any atom is -0.296 e. The van der Waals surface area contributed by atoms with E-state index in [0.29, 0.717) is 0 Å². The van der Waals surface area contributed by atoms with E-state index in [1.807, 2.05) is 0 Å². The van der Waals surface area contributed by atoms with Crippen LogP contribution in [0.1, 0.15) is 0 Å². The van der Waals surface area contributed by atoms with E-state index in [4.69, 9.17) is 16.1 Å². The van der Waals surface area contributed by atoms with Crippen LogP contribution in [0.3, 0.4) is 0 Å². The van der Waals surface area contributed by atoms with Crippen LogP contribution in [-0.4, -0.2) is 12.8 Å². The summed E-state index contributed by atoms with van der Waals surface area (Å²) in [5.74, 6) is 0. The molecule has 0 aromatic rings. The van der Waals surface area contributed by atoms with Crippen molar-refractivity contribution in [3.8, 4) is 0 Å². The van der Waals surface area contributed by atoms with E-state index < -0.39 is 7.43 Å². The fourth-order valence-corrected chi connectivity index (χ4v) is 1.21. The Kier molecular flexibility index (Phi) is 1.66. The van der Waals surface area contributed by atoms with Crippen LogP contribution in [0.2, 0.25) is 0 Å². The van der Waals surface area contributed by atoms with Crippen LogP contribution in [0.4, 0.5) is 0 Å². The first-order valence-electron chi connectivity index (χ1n) is 1.70. The van der Waals surface area contributed by atoms with Crippen LogP contribution >= 0.6 is 18.7 Å². The van der Waals surface area contributed by atoms with Gasteiger partial charge in [-0.3, -0.25) is 4.84 Å². The van der Waals surface area contributed by atoms with Gasteiger partial charge in [0.15, 0.2) is 0 Å². The molecule has 0 bridgehead atoms. The maximum Gasteiger partial charge on any atom is 0.0876 e. The summed E-state index contributed by atoms with van der Waals surface area (Å²) in [5.41, 5.74) is 0. The minimum atomic E-state index is -0.465. The third kappa shape index (κ3) is 1.05. The Morgan fingerprint density at radius 2 is 2.67 bits per heavy atom. The molecule has 1 aliphatic heterocycles. The Labute approximate surface area is 42.4 Å². The molecule has 1 aliphatic rings. The monoisotopic (exact) mass is 125 g/mol. The number of hydrogen-bond donors (Lipinski definition) is 1. The first-order valence-corrected chi connectivity index (χ1v) is 4.13. The third-order valence-electron chi connectivity index (χ3n) is 0.553. The highest BCUT2D eigenvalue weighted by molar-refractivity contribution is 7.82. The van der Waals surface area contributed by atoms with Gasteiger partial charge >= 0.3 is 0 Å². The SMILES string of the molecule is ClP1CCON1. The Balaban J connectivity index is 2.18. The first kappa shape index (κ1) is 4.79. The average Bonchev–Trinajstić information content (AvgIpc) is 1.86. The molecule has 1 N–H and O–H groups in total. The van der Waals surface area contributed by atoms with Crippen molar-refractivity contribution >= 4 is 18.7 Å². The van der Waals surface area contributed by atoms with E-state index in [-0.39, 0.29) is 0 Å². The summed E-state index contributed by atoms with van der Waals surface area (Å²) < 4.78 is 0. The molecule has 1 rings (SSSR count). The van der Waals surface area contributed by atoms with E-state index in [0.717, 1.165) is 12.8 Å². The van der Waals surface area contributed by atoms with Gasteiger partial charge in [0.2, 0.25) is 0 Å². The minimum absolute atomic E-state index is 0.465. The van der Waals surface area contributed by atoms with Gasteiger partial charge in [0, 0.05) is 6.16 Å². The molecule has 0 aromatic heterocycles. The Morgan fingerprint density at radius 1 is 1.83 bits per heavy atom. The van der Waals surface area contributed by atoms with Crippen LogP contribution in [0.5, 0.6) is 0 Å². The zero-order chi connectivity index (χ0) is 4.41. The number of nitrogens with one attached hydrogen (secondary N) is 1. The fraction of sp³-hybridized carbons (Fsp3) is 1.00. The summed E-state index contributed by atoms with van der Waals surface area (Å²) in [6, 6.07) is 0. The molecule has 0 amide bonds. The van der Waals surface area contributed by atoms with Crippen LogP contribution in [-0.2, 0) is 4.84 Å². The zero-order valence-corrected chi connectivity index (χ0v) is 4.80. The van der Waals surface area contributed by atoms with Gasteiger partial charge in [-0.25, -0.2) is 0 Å². The molecule has 2 nitrogen and oxygen atoms in total. The Morgan fingerprint density at radius 3 is 2.83 bits per heavy atom. The molecule has 4 heteroatoms. The van der Waals surface area contributed by atoms with Crippen molar-refractivity contribution in [2.24, 2.45) is 0 Å². The maximum atomic E-state index is 5.54. The zero-order valence-electron chi connectivity index (χ0n) is 3.15. The molecular formula is C2H5ClNOP. The maximum absolute atomic E-state index is 5.54. The topological polar surface area (TPSA) is 21.3 Å². The molecule has 1 fully saturated rings. The van der Waals surface area contributed by atoms with Gasteiger partial charge in [-0.1, -0.05) is 11.2 Å². The molecular weight excluding hydrogens is 120 g/mol. The summed E-state index contributed by atoms with van der Waals surface area (Å²) in [6.45, 7) is 0.773. The lowest BCUT2D eigenvalue weighted by Gasteiger charge is -1.89. The van der Waals surface area contributed by atoms with Crippen LogP contribution in [0.25, 0.3) is 0 Å². The highest BCUT2D eigenvalue weighted by Crippen LogP contribution is 2.38. The molecule has 0 aromatic carbocycles. The van der Waals surface area contributed by atoms with Gasteiger partial charge in [-0.15, -0.1) is 0 Å². The summed E-state index contributed by atoms with van der Waals surface area (Å²) in [6.07, 6.45) is 0.983. The Hall–Kier alpha value is 0.640. The lowest BCUT2D eigenvalue weighted by molar-refractivity contribution is 0.131. The van der Waals surface area contributed by atoms with Crippen molar-refractivity contribution in [2.45, 2.75) is 0 Å². The second-order valence-electron chi connectivity index (χ2n) is 1.03. The smallest absolute Gasteiger partial charge is 0.0876 e. The summed E-state index contributed by atoms with van der Waals surface area (Å²) in [7, 11) is -0.465. The van der Waals surface area contributed by atoms with Gasteiger partial charge in [0.05, 0.1) is 14.0 Å². The van der Waals surface area contributed by atoms with Crippen LogP contribution in [0, 0.1) is 0 Å². The lowest BCUT2D eigenvalue weighted by Crippen LogP contribution is -1.92. The Bertz CT molecular complexity index is 46.8. The van der Waals surface area contributed by atoms with E-state index in [9.17, 15) is 0 Å². The molecule has 36 valence electrons. The quantitative estimate of drug-likeness (QED) is 0.489. The van der Waals surface area contributed by atoms with E-state index >= 15 is 0 Å². The highest BCUT2D eigenvalue weighted by Gasteiger charge is 2.09. The number of rotatable bonds is 0. The highest BCUT2D eigenvalue weighted by atomic mass is 35.7. The average molecular weight is 125 g/mol. The molecule has 1 saturated heterocycles. The van der Waals surface area contributed by atoms with Crippen molar-refractivity contribution in [3.05, 3.63) is 0 Å². The van der Waals surface area contributed by atoms with Gasteiger partial charge in [0.25, 0.3) is 0 Å². The number of halogens is 1. The second-order valence-corrected chi connectivity index (χ2v) is 3.60. The van der Waals surface area contributed by atoms with Crippen molar-refractivity contribution < 1.29 is 4.84 Å². The predicted molar refractivity (Wildman–Crippen MR) is 26.7 cm³/mol. The van der Waals surface area contributed by atoms with E-state index in [2.05, 4.69) is 5.25 Å². The lowest BCUT2D eigenvalue weighted by atomic mass is 10.9. The second kappa shape index (κ2) is 2.08. The first-order chi connectivity index (χ1) is 2.89. The fourth-order valence-electron chi connectivity index (χ4n) is 0.287. The molecule has 1 unspecified atom stereocenters. The van der Waals surface area contributed by atoms with Crippen LogP contribution < -0.4 is 5.25 Å². The van der Waals surface area contributed by atoms with E-state index in [1.165, 1.54) is 0 Å². The summed E-state index contributed by atoms with van der Waals surface area (Å²) >= 11 is 5.54. The van der Waals surface area contributed by atoms with Crippen molar-refractivity contribution in [1.29, 1.82) is 0 Å². The predicted octanol–water partition coefficient (Wildman–Crippen LogP) is 1.07. The molecule has 0 aliphatic carbocycles. The van der Waals surface area contributed by atoms with Gasteiger partial charge < -0.3 is 0 Å². The largest absolute Gasteiger partial charge is 0.296 e. The van der Waals surface area contributed by atoms with Gasteiger partial charge in [-0.05, 0) is 0 Å². The summed E-state index contributed by atoms with van der Waals surface area (Å²) in [4.78, 5) is 4.70. The van der Waals surface area contributed by atoms with Gasteiger partial charge in [-0.2, -0.15) is 5.25 Å². The molecule has 0 radical (unpaired) electrons. The van der Waals surface area contributed by atoms with Crippen molar-refractivity contribution in [1.82, 2.24) is 5.25 Å². The van der Waals surface area contributed by atoms with Crippen LogP contribution in [0.15, 0.2) is 0 Å². The molecule has 6 heavy (non-hydrogen) atoms. The molecule has 1 heterocycles. The standard InChI is InChI=1S/C2H5ClNOP/c3-6-2-1-5-4-6/h4H,1-2H2. The normalized spacial score (nSPS) is 34.5. The molecule has 1 atom stereocenters. The molecule has 0 spiro atoms. The van der Waals surface area contributed by atoms with Crippen molar-refractivity contribution in [3.63, 3.8) is 0 Å². The molecule has 0 saturated carbocycles. The van der Waals surface area contributed by atoms with Crippen molar-refractivity contribution in [2.75, 3.05) is 12.8 Å². The van der Waals surface area contributed by atoms with E-state index in [1.54, 1.807) is 0 Å². The number of hydrogen-bond acceptors (Lipinski definition) is 2. The third-order valence-corrected chi connectivity index (χ3v) is 2.17. The van der Waals surface area contributed by atoms with Gasteiger partial charge in [0.1, 0.15) is 0 Å².